The summed E-state index contributed by atoms with van der Waals surface area (Å²) in [6, 6.07) is 17.1. The highest BCUT2D eigenvalue weighted by atomic mass is 16.5. The minimum absolute atomic E-state index is 0.272. The minimum atomic E-state index is 0.272. The number of rotatable bonds is 9. The van der Waals surface area contributed by atoms with Gasteiger partial charge in [0.2, 0.25) is 5.95 Å². The molecule has 29 heavy (non-hydrogen) atoms. The predicted octanol–water partition coefficient (Wildman–Crippen LogP) is 5.56. The monoisotopic (exact) mass is 392 g/mol. The second kappa shape index (κ2) is 9.59. The van der Waals surface area contributed by atoms with Crippen molar-refractivity contribution in [3.8, 4) is 17.1 Å². The summed E-state index contributed by atoms with van der Waals surface area (Å²) in [7, 11) is 3.66. The highest BCUT2D eigenvalue weighted by molar-refractivity contribution is 5.63. The summed E-state index contributed by atoms with van der Waals surface area (Å²) in [6.45, 7) is 7.45. The van der Waals surface area contributed by atoms with Crippen molar-refractivity contribution in [3.05, 3.63) is 59.7 Å². The van der Waals surface area contributed by atoms with Crippen LogP contribution in [-0.4, -0.2) is 28.4 Å². The Bertz CT molecular complexity index is 920. The van der Waals surface area contributed by atoms with E-state index in [2.05, 4.69) is 62.1 Å². The van der Waals surface area contributed by atoms with Gasteiger partial charge in [-0.1, -0.05) is 50.6 Å². The number of hydrogen-bond acceptors (Lipinski definition) is 4. The molecule has 0 aliphatic rings. The number of hydrogen-bond donors (Lipinski definition) is 0. The molecule has 3 rings (SSSR count). The number of methoxy groups -OCH3 is 1. The molecule has 0 spiro atoms. The van der Waals surface area contributed by atoms with Crippen molar-refractivity contribution in [2.75, 3.05) is 18.6 Å². The second-order valence-electron chi connectivity index (χ2n) is 7.45. The Hall–Kier alpha value is -2.82. The van der Waals surface area contributed by atoms with Gasteiger partial charge in [-0.05, 0) is 49.1 Å². The molecule has 154 valence electrons. The maximum absolute atomic E-state index is 5.35. The summed E-state index contributed by atoms with van der Waals surface area (Å²) in [4.78, 5) is 7.34. The topological polar surface area (TPSA) is 43.2 Å². The summed E-state index contributed by atoms with van der Waals surface area (Å²) < 4.78 is 7.24. The SMILES string of the molecule is CCC[C@H](c1ccccc1)N(CCC)c1nc(-c2ccc(OC)cc2C)n(C)n1. The van der Waals surface area contributed by atoms with Crippen molar-refractivity contribution in [1.29, 1.82) is 0 Å². The Morgan fingerprint density at radius 2 is 1.83 bits per heavy atom. The van der Waals surface area contributed by atoms with Crippen LogP contribution in [-0.2, 0) is 7.05 Å². The van der Waals surface area contributed by atoms with Gasteiger partial charge in [-0.2, -0.15) is 4.98 Å². The Labute approximate surface area is 174 Å². The molecule has 2 aromatic carbocycles. The van der Waals surface area contributed by atoms with Crippen LogP contribution < -0.4 is 9.64 Å². The number of anilines is 1. The fourth-order valence-electron chi connectivity index (χ4n) is 3.83. The molecule has 5 heteroatoms. The molecular weight excluding hydrogens is 360 g/mol. The van der Waals surface area contributed by atoms with E-state index in [9.17, 15) is 0 Å². The highest BCUT2D eigenvalue weighted by Gasteiger charge is 2.24. The van der Waals surface area contributed by atoms with Gasteiger partial charge in [0.15, 0.2) is 5.82 Å². The molecule has 0 unspecified atom stereocenters. The Morgan fingerprint density at radius 3 is 2.45 bits per heavy atom. The third kappa shape index (κ3) is 4.61. The predicted molar refractivity (Wildman–Crippen MR) is 119 cm³/mol. The van der Waals surface area contributed by atoms with Gasteiger partial charge in [-0.25, -0.2) is 4.68 Å². The highest BCUT2D eigenvalue weighted by Crippen LogP contribution is 2.32. The van der Waals surface area contributed by atoms with Crippen LogP contribution in [0.2, 0.25) is 0 Å². The number of nitrogens with zero attached hydrogens (tertiary/aromatic N) is 4. The van der Waals surface area contributed by atoms with Gasteiger partial charge in [0.05, 0.1) is 13.2 Å². The molecule has 0 N–H and O–H groups in total. The van der Waals surface area contributed by atoms with E-state index in [1.54, 1.807) is 7.11 Å². The van der Waals surface area contributed by atoms with Crippen LogP contribution in [0.1, 0.15) is 50.3 Å². The first-order valence-corrected chi connectivity index (χ1v) is 10.5. The summed E-state index contributed by atoms with van der Waals surface area (Å²) in [5.41, 5.74) is 3.52. The van der Waals surface area contributed by atoms with Crippen LogP contribution in [0.4, 0.5) is 5.95 Å². The van der Waals surface area contributed by atoms with Gasteiger partial charge in [0, 0.05) is 19.2 Å². The quantitative estimate of drug-likeness (QED) is 0.478. The molecule has 0 saturated carbocycles. The van der Waals surface area contributed by atoms with Crippen molar-refractivity contribution < 1.29 is 4.74 Å². The Balaban J connectivity index is 2.01. The molecule has 0 amide bonds. The van der Waals surface area contributed by atoms with Crippen molar-refractivity contribution in [2.24, 2.45) is 7.05 Å². The zero-order valence-corrected chi connectivity index (χ0v) is 18.2. The maximum Gasteiger partial charge on any atom is 0.245 e. The lowest BCUT2D eigenvalue weighted by Crippen LogP contribution is -2.30. The van der Waals surface area contributed by atoms with E-state index >= 15 is 0 Å². The average molecular weight is 393 g/mol. The smallest absolute Gasteiger partial charge is 0.245 e. The lowest BCUT2D eigenvalue weighted by Gasteiger charge is -2.31. The molecule has 1 heterocycles. The Morgan fingerprint density at radius 1 is 1.07 bits per heavy atom. The van der Waals surface area contributed by atoms with Crippen LogP contribution in [0.25, 0.3) is 11.4 Å². The van der Waals surface area contributed by atoms with Crippen molar-refractivity contribution >= 4 is 5.95 Å². The minimum Gasteiger partial charge on any atom is -0.497 e. The number of ether oxygens (including phenoxy) is 1. The molecule has 1 aromatic heterocycles. The number of benzene rings is 2. The first-order valence-electron chi connectivity index (χ1n) is 10.5. The molecular formula is C24H32N4O. The lowest BCUT2D eigenvalue weighted by molar-refractivity contribution is 0.414. The molecule has 0 fully saturated rings. The van der Waals surface area contributed by atoms with E-state index in [4.69, 9.17) is 14.8 Å². The first-order chi connectivity index (χ1) is 14.1. The van der Waals surface area contributed by atoms with E-state index in [-0.39, 0.29) is 6.04 Å². The van der Waals surface area contributed by atoms with E-state index in [0.717, 1.165) is 54.5 Å². The van der Waals surface area contributed by atoms with Crippen LogP contribution in [0.5, 0.6) is 5.75 Å². The van der Waals surface area contributed by atoms with E-state index in [1.165, 1.54) is 5.56 Å². The van der Waals surface area contributed by atoms with Crippen LogP contribution in [0, 0.1) is 6.92 Å². The van der Waals surface area contributed by atoms with E-state index in [0.29, 0.717) is 0 Å². The average Bonchev–Trinajstić information content (AvgIpc) is 3.12. The fourth-order valence-corrected chi connectivity index (χ4v) is 3.83. The third-order valence-electron chi connectivity index (χ3n) is 5.27. The van der Waals surface area contributed by atoms with Crippen molar-refractivity contribution in [3.63, 3.8) is 0 Å². The van der Waals surface area contributed by atoms with Crippen LogP contribution in [0.3, 0.4) is 0 Å². The Kier molecular flexibility index (Phi) is 6.91. The van der Waals surface area contributed by atoms with E-state index < -0.39 is 0 Å². The summed E-state index contributed by atoms with van der Waals surface area (Å²) in [5, 5.41) is 4.82. The third-order valence-corrected chi connectivity index (χ3v) is 5.27. The zero-order valence-electron chi connectivity index (χ0n) is 18.2. The van der Waals surface area contributed by atoms with Gasteiger partial charge in [0.25, 0.3) is 0 Å². The zero-order chi connectivity index (χ0) is 20.8. The maximum atomic E-state index is 5.35. The van der Waals surface area contributed by atoms with Gasteiger partial charge >= 0.3 is 0 Å². The van der Waals surface area contributed by atoms with Crippen molar-refractivity contribution in [2.45, 2.75) is 46.1 Å². The summed E-state index contributed by atoms with van der Waals surface area (Å²) >= 11 is 0. The molecule has 0 radical (unpaired) electrons. The number of aryl methyl sites for hydroxylation is 2. The largest absolute Gasteiger partial charge is 0.497 e. The molecule has 0 saturated heterocycles. The summed E-state index contributed by atoms with van der Waals surface area (Å²) in [6.07, 6.45) is 3.22. The standard InChI is InChI=1S/C24H32N4O/c1-6-11-22(19-12-9-8-10-13-19)28(16-7-2)24-25-23(27(4)26-24)21-15-14-20(29-5)17-18(21)3/h8-10,12-15,17,22H,6-7,11,16H2,1-5H3/t22-/m1/s1. The molecule has 0 aliphatic carbocycles. The van der Waals surface area contributed by atoms with Gasteiger partial charge in [-0.15, -0.1) is 5.10 Å². The molecule has 1 atom stereocenters. The molecule has 0 bridgehead atoms. The second-order valence-corrected chi connectivity index (χ2v) is 7.45. The van der Waals surface area contributed by atoms with Gasteiger partial charge in [-0.3, -0.25) is 0 Å². The van der Waals surface area contributed by atoms with E-state index in [1.807, 2.05) is 23.9 Å². The van der Waals surface area contributed by atoms with Crippen LogP contribution in [0.15, 0.2) is 48.5 Å². The van der Waals surface area contributed by atoms with Gasteiger partial charge in [0.1, 0.15) is 5.75 Å². The molecule has 3 aromatic rings. The number of aromatic nitrogens is 3. The lowest BCUT2D eigenvalue weighted by atomic mass is 10.0. The normalized spacial score (nSPS) is 12.0. The molecule has 5 nitrogen and oxygen atoms in total. The fraction of sp³-hybridized carbons (Fsp3) is 0.417. The van der Waals surface area contributed by atoms with Crippen molar-refractivity contribution in [1.82, 2.24) is 14.8 Å². The van der Waals surface area contributed by atoms with Crippen LogP contribution >= 0.6 is 0 Å². The first kappa shape index (κ1) is 20.9. The molecule has 0 aliphatic heterocycles. The van der Waals surface area contributed by atoms with Gasteiger partial charge < -0.3 is 9.64 Å². The summed E-state index contributed by atoms with van der Waals surface area (Å²) in [5.74, 6) is 2.53.